The number of nitrogens with zero attached hydrogens (tertiary/aromatic N) is 3. The predicted octanol–water partition coefficient (Wildman–Crippen LogP) is -0.137. The van der Waals surface area contributed by atoms with Crippen LogP contribution in [0.4, 0.5) is 0 Å². The molecule has 0 radical (unpaired) electrons. The molecule has 0 unspecified atom stereocenters. The summed E-state index contributed by atoms with van der Waals surface area (Å²) in [6.07, 6.45) is 3.21. The molecule has 17 heavy (non-hydrogen) atoms. The van der Waals surface area contributed by atoms with Gasteiger partial charge in [0.1, 0.15) is 11.6 Å². The van der Waals surface area contributed by atoms with Crippen LogP contribution in [0.5, 0.6) is 0 Å². The van der Waals surface area contributed by atoms with Gasteiger partial charge in [0.15, 0.2) is 0 Å². The van der Waals surface area contributed by atoms with Crippen molar-refractivity contribution in [1.82, 2.24) is 9.13 Å². The summed E-state index contributed by atoms with van der Waals surface area (Å²) >= 11 is 0. The molecule has 1 fully saturated rings. The van der Waals surface area contributed by atoms with Crippen molar-refractivity contribution in [1.29, 1.82) is 5.26 Å². The molecule has 2 rings (SSSR count). The average molecular weight is 235 g/mol. The minimum atomic E-state index is -0.536. The highest BCUT2D eigenvalue weighted by Crippen LogP contribution is 2.33. The van der Waals surface area contributed by atoms with Crippen LogP contribution in [0, 0.1) is 11.3 Å². The van der Waals surface area contributed by atoms with E-state index in [0.29, 0.717) is 0 Å². The third kappa shape index (κ3) is 2.15. The minimum absolute atomic E-state index is 0.00704. The van der Waals surface area contributed by atoms with Crippen molar-refractivity contribution in [2.75, 3.05) is 13.7 Å². The van der Waals surface area contributed by atoms with Crippen molar-refractivity contribution in [2.24, 2.45) is 0 Å². The number of rotatable bonds is 4. The van der Waals surface area contributed by atoms with Gasteiger partial charge in [-0.25, -0.2) is 4.79 Å². The fraction of sp³-hybridized carbons (Fsp3) is 0.545. The van der Waals surface area contributed by atoms with Gasteiger partial charge in [0.05, 0.1) is 13.2 Å². The van der Waals surface area contributed by atoms with E-state index in [2.05, 4.69) is 0 Å². The fourth-order valence-corrected chi connectivity index (χ4v) is 1.69. The van der Waals surface area contributed by atoms with E-state index in [1.54, 1.807) is 0 Å². The molecule has 0 amide bonds. The lowest BCUT2D eigenvalue weighted by molar-refractivity contribution is 0.184. The van der Waals surface area contributed by atoms with Gasteiger partial charge in [0.25, 0.3) is 5.56 Å². The van der Waals surface area contributed by atoms with Crippen LogP contribution in [0.1, 0.15) is 24.4 Å². The predicted molar refractivity (Wildman–Crippen MR) is 59.8 cm³/mol. The maximum atomic E-state index is 12.0. The molecule has 0 atom stereocenters. The van der Waals surface area contributed by atoms with Crippen LogP contribution in [0.3, 0.4) is 0 Å². The van der Waals surface area contributed by atoms with E-state index in [0.717, 1.165) is 17.4 Å². The molecule has 90 valence electrons. The lowest BCUT2D eigenvalue weighted by Gasteiger charge is -2.09. The van der Waals surface area contributed by atoms with Crippen molar-refractivity contribution in [3.63, 3.8) is 0 Å². The molecular weight excluding hydrogens is 222 g/mol. The van der Waals surface area contributed by atoms with E-state index in [4.69, 9.17) is 10.00 Å². The zero-order valence-electron chi connectivity index (χ0n) is 9.55. The number of nitriles is 1. The highest BCUT2D eigenvalue weighted by atomic mass is 16.5. The highest BCUT2D eigenvalue weighted by Gasteiger charge is 2.26. The summed E-state index contributed by atoms with van der Waals surface area (Å²) in [4.78, 5) is 23.8. The largest absolute Gasteiger partial charge is 0.383 e. The molecule has 6 nitrogen and oxygen atoms in total. The van der Waals surface area contributed by atoms with E-state index in [1.807, 2.05) is 6.07 Å². The molecule has 0 aliphatic heterocycles. The quantitative estimate of drug-likeness (QED) is 0.728. The van der Waals surface area contributed by atoms with Gasteiger partial charge >= 0.3 is 5.69 Å². The van der Waals surface area contributed by atoms with Crippen molar-refractivity contribution in [2.45, 2.75) is 25.4 Å². The number of hydrogen-bond acceptors (Lipinski definition) is 4. The third-order valence-electron chi connectivity index (χ3n) is 2.78. The van der Waals surface area contributed by atoms with Crippen LogP contribution in [-0.4, -0.2) is 22.9 Å². The molecule has 6 heteroatoms. The first kappa shape index (κ1) is 11.6. The SMILES string of the molecule is COCCn1c(=O)c(C#N)cn(C2CC2)c1=O. The summed E-state index contributed by atoms with van der Waals surface area (Å²) in [5, 5.41) is 8.88. The van der Waals surface area contributed by atoms with Crippen molar-refractivity contribution < 1.29 is 4.74 Å². The molecule has 0 saturated heterocycles. The Kier molecular flexibility index (Phi) is 3.11. The number of hydrogen-bond donors (Lipinski definition) is 0. The summed E-state index contributed by atoms with van der Waals surface area (Å²) in [5.74, 6) is 0. The second kappa shape index (κ2) is 4.55. The van der Waals surface area contributed by atoms with E-state index >= 15 is 0 Å². The molecule has 1 aliphatic rings. The lowest BCUT2D eigenvalue weighted by atomic mass is 10.3. The van der Waals surface area contributed by atoms with Gasteiger partial charge in [-0.05, 0) is 12.8 Å². The van der Waals surface area contributed by atoms with E-state index < -0.39 is 5.56 Å². The summed E-state index contributed by atoms with van der Waals surface area (Å²) in [7, 11) is 1.50. The minimum Gasteiger partial charge on any atom is -0.383 e. The van der Waals surface area contributed by atoms with Crippen LogP contribution < -0.4 is 11.2 Å². The fourth-order valence-electron chi connectivity index (χ4n) is 1.69. The first-order valence-corrected chi connectivity index (χ1v) is 5.44. The molecular formula is C11H13N3O3. The van der Waals surface area contributed by atoms with E-state index in [-0.39, 0.29) is 30.4 Å². The first-order valence-electron chi connectivity index (χ1n) is 5.44. The summed E-state index contributed by atoms with van der Waals surface area (Å²) < 4.78 is 7.41. The van der Waals surface area contributed by atoms with Gasteiger partial charge < -0.3 is 4.74 Å². The van der Waals surface area contributed by atoms with Gasteiger partial charge in [-0.15, -0.1) is 0 Å². The van der Waals surface area contributed by atoms with Crippen molar-refractivity contribution >= 4 is 0 Å². The van der Waals surface area contributed by atoms with Gasteiger partial charge in [-0.2, -0.15) is 5.26 Å². The molecule has 0 spiro atoms. The van der Waals surface area contributed by atoms with Gasteiger partial charge in [-0.1, -0.05) is 0 Å². The Morgan fingerprint density at radius 3 is 2.76 bits per heavy atom. The van der Waals surface area contributed by atoms with Crippen LogP contribution in [0.15, 0.2) is 15.8 Å². The molecule has 1 saturated carbocycles. The number of methoxy groups -OCH3 is 1. The monoisotopic (exact) mass is 235 g/mol. The Morgan fingerprint density at radius 1 is 1.53 bits per heavy atom. The van der Waals surface area contributed by atoms with Crippen molar-refractivity contribution in [3.8, 4) is 6.07 Å². The standard InChI is InChI=1S/C11H13N3O3/c1-17-5-4-13-10(15)8(6-12)7-14(11(13)16)9-2-3-9/h7,9H,2-5H2,1H3. The Morgan fingerprint density at radius 2 is 2.24 bits per heavy atom. The van der Waals surface area contributed by atoms with Crippen LogP contribution in [0.25, 0.3) is 0 Å². The molecule has 0 aromatic carbocycles. The van der Waals surface area contributed by atoms with Crippen LogP contribution >= 0.6 is 0 Å². The Balaban J connectivity index is 2.55. The Hall–Kier alpha value is -1.87. The maximum Gasteiger partial charge on any atom is 0.331 e. The molecule has 1 aromatic rings. The Bertz CT molecular complexity index is 575. The summed E-state index contributed by atoms with van der Waals surface area (Å²) in [6, 6.07) is 1.97. The van der Waals surface area contributed by atoms with Gasteiger partial charge in [0.2, 0.25) is 0 Å². The molecule has 1 aliphatic carbocycles. The molecule has 0 N–H and O–H groups in total. The topological polar surface area (TPSA) is 77.0 Å². The van der Waals surface area contributed by atoms with Crippen LogP contribution in [0.2, 0.25) is 0 Å². The van der Waals surface area contributed by atoms with Gasteiger partial charge in [-0.3, -0.25) is 13.9 Å². The van der Waals surface area contributed by atoms with Gasteiger partial charge in [0, 0.05) is 19.3 Å². The normalized spacial score (nSPS) is 14.6. The number of aromatic nitrogens is 2. The summed E-state index contributed by atoms with van der Waals surface area (Å²) in [5.41, 5.74) is -0.882. The van der Waals surface area contributed by atoms with E-state index in [9.17, 15) is 9.59 Å². The Labute approximate surface area is 97.7 Å². The highest BCUT2D eigenvalue weighted by molar-refractivity contribution is 5.23. The zero-order valence-corrected chi connectivity index (χ0v) is 9.55. The van der Waals surface area contributed by atoms with Crippen LogP contribution in [-0.2, 0) is 11.3 Å². The average Bonchev–Trinajstić information content (AvgIpc) is 3.13. The smallest absolute Gasteiger partial charge is 0.331 e. The van der Waals surface area contributed by atoms with Crippen molar-refractivity contribution in [3.05, 3.63) is 32.6 Å². The third-order valence-corrected chi connectivity index (χ3v) is 2.78. The molecule has 1 heterocycles. The molecule has 1 aromatic heterocycles. The summed E-state index contributed by atoms with van der Waals surface area (Å²) in [6.45, 7) is 0.450. The maximum absolute atomic E-state index is 12.0. The first-order chi connectivity index (χ1) is 8.19. The lowest BCUT2D eigenvalue weighted by Crippen LogP contribution is -2.41. The number of ether oxygens (including phenoxy) is 1. The second-order valence-electron chi connectivity index (χ2n) is 4.03. The zero-order chi connectivity index (χ0) is 12.4. The molecule has 0 bridgehead atoms. The second-order valence-corrected chi connectivity index (χ2v) is 4.03. The van der Waals surface area contributed by atoms with E-state index in [1.165, 1.54) is 17.9 Å².